The molecule has 0 bridgehead atoms. The first-order valence-electron chi connectivity index (χ1n) is 6.87. The summed E-state index contributed by atoms with van der Waals surface area (Å²) in [6, 6.07) is 7.02. The lowest BCUT2D eigenvalue weighted by atomic mass is 10.1. The van der Waals surface area contributed by atoms with E-state index in [1.54, 1.807) is 31.2 Å². The summed E-state index contributed by atoms with van der Waals surface area (Å²) in [6.45, 7) is 1.74. The molecule has 0 saturated carbocycles. The van der Waals surface area contributed by atoms with Gasteiger partial charge in [-0.1, -0.05) is 42.2 Å². The third-order valence-electron chi connectivity index (χ3n) is 3.36. The summed E-state index contributed by atoms with van der Waals surface area (Å²) >= 11 is 6.03. The molecule has 2 amide bonds. The van der Waals surface area contributed by atoms with Gasteiger partial charge < -0.3 is 10.1 Å². The Labute approximate surface area is 141 Å². The first-order chi connectivity index (χ1) is 11.0. The minimum absolute atomic E-state index is 0.197. The Bertz CT molecular complexity index is 772. The molecule has 118 valence electrons. The van der Waals surface area contributed by atoms with Crippen molar-refractivity contribution in [3.63, 3.8) is 0 Å². The van der Waals surface area contributed by atoms with Gasteiger partial charge in [0.05, 0.1) is 22.8 Å². The zero-order valence-electron chi connectivity index (χ0n) is 12.1. The van der Waals surface area contributed by atoms with Crippen molar-refractivity contribution in [1.82, 2.24) is 5.32 Å². The minimum atomic E-state index is -0.499. The van der Waals surface area contributed by atoms with Crippen LogP contribution in [0.2, 0.25) is 0 Å². The van der Waals surface area contributed by atoms with Crippen LogP contribution in [0, 0.1) is 0 Å². The predicted molar refractivity (Wildman–Crippen MR) is 90.7 cm³/mol. The zero-order chi connectivity index (χ0) is 16.6. The number of fused-ring (bicyclic) bond motifs is 1. The van der Waals surface area contributed by atoms with Crippen LogP contribution in [0.3, 0.4) is 0 Å². The fourth-order valence-electron chi connectivity index (χ4n) is 2.47. The number of thiocarbonyl (C=S) groups is 1. The molecule has 0 unspecified atom stereocenters. The Kier molecular flexibility index (Phi) is 4.18. The number of carbonyl (C=O) groups excluding carboxylic acids is 3. The molecule has 0 radical (unpaired) electrons. The second-order valence-corrected chi connectivity index (χ2v) is 6.45. The van der Waals surface area contributed by atoms with Crippen LogP contribution in [0.5, 0.6) is 0 Å². The number of carbonyl (C=O) groups is 3. The molecule has 2 aliphatic heterocycles. The number of nitrogens with zero attached hydrogens (tertiary/aromatic N) is 1. The van der Waals surface area contributed by atoms with Crippen LogP contribution in [0.4, 0.5) is 5.69 Å². The predicted octanol–water partition coefficient (Wildman–Crippen LogP) is 1.46. The molecule has 3 rings (SSSR count). The van der Waals surface area contributed by atoms with Gasteiger partial charge in [-0.3, -0.25) is 19.3 Å². The zero-order valence-corrected chi connectivity index (χ0v) is 13.8. The maximum atomic E-state index is 12.8. The largest absolute Gasteiger partial charge is 0.465 e. The van der Waals surface area contributed by atoms with Gasteiger partial charge in [0.15, 0.2) is 0 Å². The van der Waals surface area contributed by atoms with Gasteiger partial charge in [-0.15, -0.1) is 0 Å². The standard InChI is InChI=1S/C15H12N2O4S2/c1-2-21-10(18)7-17-9-6-4-3-5-8(9)11(14(17)20)12-13(19)16-15(22)23-12/h3-6H,2,7H2,1H3,(H,16,19,22). The van der Waals surface area contributed by atoms with Crippen LogP contribution < -0.4 is 10.2 Å². The lowest BCUT2D eigenvalue weighted by Crippen LogP contribution is -2.33. The molecule has 0 atom stereocenters. The Morgan fingerprint density at radius 2 is 2.09 bits per heavy atom. The smallest absolute Gasteiger partial charge is 0.326 e. The van der Waals surface area contributed by atoms with E-state index in [0.29, 0.717) is 15.6 Å². The highest BCUT2D eigenvalue weighted by molar-refractivity contribution is 8.27. The van der Waals surface area contributed by atoms with E-state index in [9.17, 15) is 14.4 Å². The number of thioether (sulfide) groups is 1. The number of hydrogen-bond donors (Lipinski definition) is 1. The van der Waals surface area contributed by atoms with Crippen molar-refractivity contribution in [2.45, 2.75) is 6.92 Å². The van der Waals surface area contributed by atoms with Crippen LogP contribution in [0.25, 0.3) is 5.57 Å². The molecule has 23 heavy (non-hydrogen) atoms. The minimum Gasteiger partial charge on any atom is -0.465 e. The molecule has 1 N–H and O–H groups in total. The number of rotatable bonds is 3. The molecule has 1 aromatic carbocycles. The molecule has 6 nitrogen and oxygen atoms in total. The summed E-state index contributed by atoms with van der Waals surface area (Å²) in [4.78, 5) is 38.1. The van der Waals surface area contributed by atoms with Gasteiger partial charge in [0.2, 0.25) is 0 Å². The fraction of sp³-hybridized carbons (Fsp3) is 0.200. The molecule has 2 aliphatic rings. The van der Waals surface area contributed by atoms with E-state index in [4.69, 9.17) is 17.0 Å². The Morgan fingerprint density at radius 3 is 2.74 bits per heavy atom. The summed E-state index contributed by atoms with van der Waals surface area (Å²) in [5, 5.41) is 2.51. The van der Waals surface area contributed by atoms with Crippen molar-refractivity contribution >= 4 is 57.3 Å². The number of esters is 1. The summed E-state index contributed by atoms with van der Waals surface area (Å²) in [6.07, 6.45) is 0. The van der Waals surface area contributed by atoms with E-state index in [0.717, 1.165) is 11.8 Å². The Hall–Kier alpha value is -2.19. The van der Waals surface area contributed by atoms with Crippen molar-refractivity contribution < 1.29 is 19.1 Å². The van der Waals surface area contributed by atoms with Gasteiger partial charge in [-0.25, -0.2) is 0 Å². The number of para-hydroxylation sites is 1. The highest BCUT2D eigenvalue weighted by Crippen LogP contribution is 2.42. The first-order valence-corrected chi connectivity index (χ1v) is 8.09. The Morgan fingerprint density at radius 1 is 1.35 bits per heavy atom. The molecular formula is C15H12N2O4S2. The number of ether oxygens (including phenoxy) is 1. The van der Waals surface area contributed by atoms with Crippen LogP contribution in [-0.4, -0.2) is 35.3 Å². The average molecular weight is 348 g/mol. The van der Waals surface area contributed by atoms with Gasteiger partial charge >= 0.3 is 5.97 Å². The van der Waals surface area contributed by atoms with Crippen molar-refractivity contribution in [2.75, 3.05) is 18.1 Å². The topological polar surface area (TPSA) is 75.7 Å². The molecule has 1 saturated heterocycles. The van der Waals surface area contributed by atoms with Gasteiger partial charge in [0.1, 0.15) is 10.9 Å². The van der Waals surface area contributed by atoms with Crippen LogP contribution in [0.1, 0.15) is 12.5 Å². The lowest BCUT2D eigenvalue weighted by molar-refractivity contribution is -0.142. The molecule has 8 heteroatoms. The van der Waals surface area contributed by atoms with Gasteiger partial charge in [-0.05, 0) is 13.0 Å². The molecule has 1 fully saturated rings. The number of anilines is 1. The second kappa shape index (κ2) is 6.13. The highest BCUT2D eigenvalue weighted by atomic mass is 32.2. The number of hydrogen-bond acceptors (Lipinski definition) is 6. The summed E-state index contributed by atoms with van der Waals surface area (Å²) in [5.41, 5.74) is 1.47. The van der Waals surface area contributed by atoms with E-state index in [-0.39, 0.29) is 23.6 Å². The molecule has 0 aliphatic carbocycles. The quantitative estimate of drug-likeness (QED) is 0.506. The summed E-state index contributed by atoms with van der Waals surface area (Å²) in [7, 11) is 0. The molecule has 1 aromatic rings. The van der Waals surface area contributed by atoms with Crippen molar-refractivity contribution in [2.24, 2.45) is 0 Å². The van der Waals surface area contributed by atoms with Gasteiger partial charge in [0.25, 0.3) is 11.8 Å². The van der Waals surface area contributed by atoms with E-state index < -0.39 is 17.8 Å². The van der Waals surface area contributed by atoms with E-state index in [1.165, 1.54) is 4.90 Å². The lowest BCUT2D eigenvalue weighted by Gasteiger charge is -2.15. The Balaban J connectivity index is 2.06. The maximum absolute atomic E-state index is 12.8. The van der Waals surface area contributed by atoms with Gasteiger partial charge in [-0.2, -0.15) is 0 Å². The maximum Gasteiger partial charge on any atom is 0.326 e. The van der Waals surface area contributed by atoms with E-state index >= 15 is 0 Å². The summed E-state index contributed by atoms with van der Waals surface area (Å²) in [5.74, 6) is -1.29. The fourth-order valence-corrected chi connectivity index (χ4v) is 3.59. The number of nitrogens with one attached hydrogen (secondary N) is 1. The monoisotopic (exact) mass is 348 g/mol. The SMILES string of the molecule is CCOC(=O)CN1C(=O)C(=C2SC(=S)NC2=O)c2ccccc21. The molecule has 0 spiro atoms. The van der Waals surface area contributed by atoms with E-state index in [2.05, 4.69) is 5.32 Å². The average Bonchev–Trinajstić information content (AvgIpc) is 2.97. The van der Waals surface area contributed by atoms with Crippen LogP contribution in [-0.2, 0) is 19.1 Å². The first kappa shape index (κ1) is 15.7. The number of amides is 2. The van der Waals surface area contributed by atoms with Crippen molar-refractivity contribution in [1.29, 1.82) is 0 Å². The molecule has 2 heterocycles. The van der Waals surface area contributed by atoms with Crippen LogP contribution >= 0.6 is 24.0 Å². The molecule has 0 aromatic heterocycles. The second-order valence-electron chi connectivity index (χ2n) is 4.76. The highest BCUT2D eigenvalue weighted by Gasteiger charge is 2.39. The van der Waals surface area contributed by atoms with Crippen LogP contribution in [0.15, 0.2) is 29.2 Å². The van der Waals surface area contributed by atoms with E-state index in [1.807, 2.05) is 0 Å². The molecular weight excluding hydrogens is 336 g/mol. The number of benzene rings is 1. The normalized spacial score (nSPS) is 19.9. The van der Waals surface area contributed by atoms with Crippen molar-refractivity contribution in [3.8, 4) is 0 Å². The van der Waals surface area contributed by atoms with Gasteiger partial charge in [0, 0.05) is 5.56 Å². The summed E-state index contributed by atoms with van der Waals surface area (Å²) < 4.78 is 5.22. The van der Waals surface area contributed by atoms with Crippen molar-refractivity contribution in [3.05, 3.63) is 34.7 Å². The third-order valence-corrected chi connectivity index (χ3v) is 4.59. The third kappa shape index (κ3) is 2.75.